The van der Waals surface area contributed by atoms with Crippen LogP contribution in [0.15, 0.2) is 0 Å². The Labute approximate surface area is 113 Å². The zero-order chi connectivity index (χ0) is 13.2. The molecule has 1 fully saturated rings. The van der Waals surface area contributed by atoms with E-state index in [1.54, 1.807) is 7.11 Å². The topological polar surface area (TPSA) is 24.5 Å². The molecule has 1 aliphatic heterocycles. The van der Waals surface area contributed by atoms with Crippen LogP contribution in [0.1, 0.15) is 46.0 Å². The van der Waals surface area contributed by atoms with Gasteiger partial charge in [-0.2, -0.15) is 0 Å². The quantitative estimate of drug-likeness (QED) is 0.642. The lowest BCUT2D eigenvalue weighted by atomic mass is 9.91. The van der Waals surface area contributed by atoms with Crippen molar-refractivity contribution in [3.05, 3.63) is 0 Å². The van der Waals surface area contributed by atoms with E-state index in [1.807, 2.05) is 0 Å². The molecule has 0 bridgehead atoms. The molecule has 1 N–H and O–H groups in total. The fourth-order valence-corrected chi connectivity index (χ4v) is 2.82. The van der Waals surface area contributed by atoms with Gasteiger partial charge in [-0.25, -0.2) is 0 Å². The Hall–Kier alpha value is -0.120. The van der Waals surface area contributed by atoms with Gasteiger partial charge in [0.05, 0.1) is 0 Å². The molecular formula is C15H32N2O. The Kier molecular flexibility index (Phi) is 8.64. The summed E-state index contributed by atoms with van der Waals surface area (Å²) < 4.78 is 5.11. The Morgan fingerprint density at radius 1 is 1.39 bits per heavy atom. The highest BCUT2D eigenvalue weighted by Crippen LogP contribution is 2.20. The lowest BCUT2D eigenvalue weighted by molar-refractivity contribution is 0.140. The number of hydrogen-bond donors (Lipinski definition) is 1. The predicted molar refractivity (Wildman–Crippen MR) is 78.0 cm³/mol. The maximum Gasteiger partial charge on any atom is 0.0462 e. The van der Waals surface area contributed by atoms with Crippen LogP contribution in [0, 0.1) is 5.92 Å². The van der Waals surface area contributed by atoms with Crippen LogP contribution in [0.2, 0.25) is 0 Å². The Morgan fingerprint density at radius 2 is 2.22 bits per heavy atom. The summed E-state index contributed by atoms with van der Waals surface area (Å²) in [7, 11) is 1.79. The van der Waals surface area contributed by atoms with Crippen molar-refractivity contribution >= 4 is 0 Å². The molecule has 18 heavy (non-hydrogen) atoms. The van der Waals surface area contributed by atoms with Crippen LogP contribution in [0.5, 0.6) is 0 Å². The van der Waals surface area contributed by atoms with Crippen LogP contribution in [0.4, 0.5) is 0 Å². The molecule has 0 spiro atoms. The summed E-state index contributed by atoms with van der Waals surface area (Å²) in [5.74, 6) is 0.840. The van der Waals surface area contributed by atoms with E-state index < -0.39 is 0 Å². The molecule has 0 radical (unpaired) electrons. The molecule has 3 nitrogen and oxygen atoms in total. The number of likely N-dealkylation sites (tertiary alicyclic amines) is 1. The first kappa shape index (κ1) is 15.9. The van der Waals surface area contributed by atoms with E-state index in [4.69, 9.17) is 4.74 Å². The first-order valence-corrected chi connectivity index (χ1v) is 7.72. The summed E-state index contributed by atoms with van der Waals surface area (Å²) in [6.45, 7) is 10.5. The molecule has 1 aliphatic rings. The average Bonchev–Trinajstić information content (AvgIpc) is 2.41. The van der Waals surface area contributed by atoms with Gasteiger partial charge in [-0.3, -0.25) is 0 Å². The van der Waals surface area contributed by atoms with Gasteiger partial charge in [-0.05, 0) is 64.6 Å². The van der Waals surface area contributed by atoms with Gasteiger partial charge in [-0.15, -0.1) is 0 Å². The van der Waals surface area contributed by atoms with Crippen LogP contribution in [0.3, 0.4) is 0 Å². The molecule has 0 aromatic rings. The number of rotatable bonds is 9. The van der Waals surface area contributed by atoms with Crippen molar-refractivity contribution in [1.29, 1.82) is 0 Å². The van der Waals surface area contributed by atoms with E-state index in [9.17, 15) is 0 Å². The molecule has 1 rings (SSSR count). The first-order chi connectivity index (χ1) is 8.77. The SMILES string of the molecule is CCCNC(C)C1CCCN(CCCCOC)C1. The van der Waals surface area contributed by atoms with Crippen molar-refractivity contribution in [2.45, 2.75) is 52.0 Å². The molecule has 0 saturated carbocycles. The predicted octanol–water partition coefficient (Wildman–Crippen LogP) is 2.51. The molecule has 2 unspecified atom stereocenters. The van der Waals surface area contributed by atoms with Gasteiger partial charge in [-0.1, -0.05) is 6.92 Å². The van der Waals surface area contributed by atoms with E-state index >= 15 is 0 Å². The molecule has 0 amide bonds. The van der Waals surface area contributed by atoms with Gasteiger partial charge in [0, 0.05) is 26.3 Å². The van der Waals surface area contributed by atoms with Crippen LogP contribution in [0.25, 0.3) is 0 Å². The van der Waals surface area contributed by atoms with Crippen LogP contribution >= 0.6 is 0 Å². The lowest BCUT2D eigenvalue weighted by Crippen LogP contribution is -2.44. The highest BCUT2D eigenvalue weighted by molar-refractivity contribution is 4.80. The molecule has 0 aromatic heterocycles. The van der Waals surface area contributed by atoms with Gasteiger partial charge in [0.1, 0.15) is 0 Å². The zero-order valence-corrected chi connectivity index (χ0v) is 12.6. The summed E-state index contributed by atoms with van der Waals surface area (Å²) in [5.41, 5.74) is 0. The molecule has 0 aliphatic carbocycles. The van der Waals surface area contributed by atoms with E-state index in [0.717, 1.165) is 19.1 Å². The van der Waals surface area contributed by atoms with Crippen molar-refractivity contribution in [3.8, 4) is 0 Å². The van der Waals surface area contributed by atoms with Gasteiger partial charge >= 0.3 is 0 Å². The number of ether oxygens (including phenoxy) is 1. The Balaban J connectivity index is 2.18. The lowest BCUT2D eigenvalue weighted by Gasteiger charge is -2.36. The molecule has 108 valence electrons. The zero-order valence-electron chi connectivity index (χ0n) is 12.6. The minimum Gasteiger partial charge on any atom is -0.385 e. The fourth-order valence-electron chi connectivity index (χ4n) is 2.82. The molecule has 3 heteroatoms. The van der Waals surface area contributed by atoms with Crippen molar-refractivity contribution in [1.82, 2.24) is 10.2 Å². The molecular weight excluding hydrogens is 224 g/mol. The number of nitrogens with one attached hydrogen (secondary N) is 1. The second kappa shape index (κ2) is 9.76. The minimum absolute atomic E-state index is 0.673. The van der Waals surface area contributed by atoms with Gasteiger partial charge in [0.2, 0.25) is 0 Å². The van der Waals surface area contributed by atoms with Crippen molar-refractivity contribution in [2.24, 2.45) is 5.92 Å². The third-order valence-electron chi connectivity index (χ3n) is 4.04. The van der Waals surface area contributed by atoms with Crippen LogP contribution < -0.4 is 5.32 Å². The normalized spacial score (nSPS) is 23.2. The second-order valence-electron chi connectivity index (χ2n) is 5.65. The van der Waals surface area contributed by atoms with Crippen molar-refractivity contribution in [2.75, 3.05) is 39.9 Å². The highest BCUT2D eigenvalue weighted by Gasteiger charge is 2.23. The second-order valence-corrected chi connectivity index (χ2v) is 5.65. The Bertz CT molecular complexity index is 199. The fraction of sp³-hybridized carbons (Fsp3) is 1.00. The largest absolute Gasteiger partial charge is 0.385 e. The van der Waals surface area contributed by atoms with Crippen molar-refractivity contribution in [3.63, 3.8) is 0 Å². The number of nitrogens with zero attached hydrogens (tertiary/aromatic N) is 1. The smallest absolute Gasteiger partial charge is 0.0462 e. The van der Waals surface area contributed by atoms with Gasteiger partial charge in [0.15, 0.2) is 0 Å². The summed E-state index contributed by atoms with van der Waals surface area (Å²) in [5, 5.41) is 3.65. The number of hydrogen-bond acceptors (Lipinski definition) is 3. The standard InChI is InChI=1S/C15H32N2O/c1-4-9-16-14(2)15-8-7-11-17(13-15)10-5-6-12-18-3/h14-16H,4-13H2,1-3H3. The van der Waals surface area contributed by atoms with Crippen LogP contribution in [-0.2, 0) is 4.74 Å². The van der Waals surface area contributed by atoms with E-state index in [1.165, 1.54) is 51.7 Å². The average molecular weight is 256 g/mol. The summed E-state index contributed by atoms with van der Waals surface area (Å²) in [6.07, 6.45) is 6.47. The summed E-state index contributed by atoms with van der Waals surface area (Å²) in [6, 6.07) is 0.673. The van der Waals surface area contributed by atoms with E-state index in [0.29, 0.717) is 6.04 Å². The minimum atomic E-state index is 0.673. The van der Waals surface area contributed by atoms with E-state index in [-0.39, 0.29) is 0 Å². The maximum absolute atomic E-state index is 5.11. The van der Waals surface area contributed by atoms with Gasteiger partial charge in [0.25, 0.3) is 0 Å². The molecule has 1 saturated heterocycles. The Morgan fingerprint density at radius 3 is 2.94 bits per heavy atom. The third kappa shape index (κ3) is 6.17. The maximum atomic E-state index is 5.11. The van der Waals surface area contributed by atoms with Crippen molar-refractivity contribution < 1.29 is 4.74 Å². The van der Waals surface area contributed by atoms with Gasteiger partial charge < -0.3 is 15.0 Å². The number of piperidine rings is 1. The number of methoxy groups -OCH3 is 1. The first-order valence-electron chi connectivity index (χ1n) is 7.72. The van der Waals surface area contributed by atoms with Crippen LogP contribution in [-0.4, -0.2) is 50.8 Å². The monoisotopic (exact) mass is 256 g/mol. The number of unbranched alkanes of at least 4 members (excludes halogenated alkanes) is 1. The summed E-state index contributed by atoms with van der Waals surface area (Å²) in [4.78, 5) is 2.65. The molecule has 2 atom stereocenters. The summed E-state index contributed by atoms with van der Waals surface area (Å²) >= 11 is 0. The molecule has 1 heterocycles. The van der Waals surface area contributed by atoms with E-state index in [2.05, 4.69) is 24.1 Å². The molecule has 0 aromatic carbocycles. The third-order valence-corrected chi connectivity index (χ3v) is 4.04. The highest BCUT2D eigenvalue weighted by atomic mass is 16.5.